The van der Waals surface area contributed by atoms with Crippen LogP contribution in [-0.2, 0) is 23.8 Å². The lowest BCUT2D eigenvalue weighted by Gasteiger charge is -2.09. The molecule has 0 bridgehead atoms. The third kappa shape index (κ3) is 5.71. The number of hydrogen-bond donors (Lipinski definition) is 1. The number of hydrogen-bond acceptors (Lipinski definition) is 5. The molecule has 182 valence electrons. The van der Waals surface area contributed by atoms with E-state index in [-0.39, 0.29) is 30.5 Å². The molecule has 0 saturated carbocycles. The maximum absolute atomic E-state index is 12.8. The molecule has 0 saturated heterocycles. The van der Waals surface area contributed by atoms with E-state index < -0.39 is 34.1 Å². The first-order valence-electron chi connectivity index (χ1n) is 9.44. The van der Waals surface area contributed by atoms with Crippen molar-refractivity contribution in [3.8, 4) is 11.7 Å². The van der Waals surface area contributed by atoms with Crippen molar-refractivity contribution in [2.45, 2.75) is 25.9 Å². The van der Waals surface area contributed by atoms with Gasteiger partial charge in [0.1, 0.15) is 12.2 Å². The van der Waals surface area contributed by atoms with Gasteiger partial charge in [-0.05, 0) is 30.7 Å². The van der Waals surface area contributed by atoms with Gasteiger partial charge in [-0.25, -0.2) is 4.98 Å². The van der Waals surface area contributed by atoms with Crippen LogP contribution in [0.1, 0.15) is 29.2 Å². The first-order valence-corrected chi connectivity index (χ1v) is 9.82. The van der Waals surface area contributed by atoms with Crippen molar-refractivity contribution < 1.29 is 35.9 Å². The average Bonchev–Trinajstić information content (AvgIpc) is 3.05. The zero-order valence-corrected chi connectivity index (χ0v) is 17.9. The molecule has 2 aromatic heterocycles. The molecule has 0 aliphatic rings. The van der Waals surface area contributed by atoms with E-state index in [0.717, 1.165) is 23.0 Å². The molecule has 0 aliphatic carbocycles. The Kier molecular flexibility index (Phi) is 7.24. The van der Waals surface area contributed by atoms with Crippen molar-refractivity contribution in [2.75, 3.05) is 6.61 Å². The summed E-state index contributed by atoms with van der Waals surface area (Å²) in [5.41, 5.74) is -2.46. The first kappa shape index (κ1) is 25.1. The summed E-state index contributed by atoms with van der Waals surface area (Å²) in [5, 5.41) is 5.73. The van der Waals surface area contributed by atoms with Crippen LogP contribution < -0.4 is 10.3 Å². The van der Waals surface area contributed by atoms with Crippen LogP contribution >= 0.6 is 11.6 Å². The summed E-state index contributed by atoms with van der Waals surface area (Å²) < 4.78 is 82.5. The van der Waals surface area contributed by atoms with Gasteiger partial charge in [0.15, 0.2) is 5.82 Å². The van der Waals surface area contributed by atoms with Gasteiger partial charge in [-0.3, -0.25) is 9.89 Å². The van der Waals surface area contributed by atoms with Gasteiger partial charge in [0, 0.05) is 6.20 Å². The predicted molar refractivity (Wildman–Crippen MR) is 109 cm³/mol. The molecule has 0 spiro atoms. The number of oxime groups is 1. The maximum Gasteiger partial charge on any atom is 0.417 e. The molecular formula is C20H15ClF6N4O3. The zero-order chi connectivity index (χ0) is 25.1. The number of pyridine rings is 1. The van der Waals surface area contributed by atoms with Crippen molar-refractivity contribution in [1.82, 2.24) is 14.8 Å². The highest BCUT2D eigenvalue weighted by Crippen LogP contribution is 2.32. The fourth-order valence-corrected chi connectivity index (χ4v) is 2.94. The second-order valence-electron chi connectivity index (χ2n) is 6.66. The van der Waals surface area contributed by atoms with Crippen molar-refractivity contribution in [3.05, 3.63) is 74.2 Å². The highest BCUT2D eigenvalue weighted by molar-refractivity contribution is 6.32. The van der Waals surface area contributed by atoms with E-state index in [1.54, 1.807) is 6.92 Å². The number of halogens is 7. The Morgan fingerprint density at radius 2 is 1.76 bits per heavy atom. The highest BCUT2D eigenvalue weighted by atomic mass is 35.5. The van der Waals surface area contributed by atoms with Gasteiger partial charge in [0.05, 0.1) is 29.0 Å². The van der Waals surface area contributed by atoms with Gasteiger partial charge in [-0.1, -0.05) is 28.9 Å². The second-order valence-corrected chi connectivity index (χ2v) is 7.07. The van der Waals surface area contributed by atoms with Gasteiger partial charge >= 0.3 is 12.4 Å². The summed E-state index contributed by atoms with van der Waals surface area (Å²) in [6, 6.07) is 4.83. The summed E-state index contributed by atoms with van der Waals surface area (Å²) in [5.74, 6) is -0.377. The Labute approximate surface area is 192 Å². The maximum atomic E-state index is 12.8. The Hall–Kier alpha value is -3.48. The Balaban J connectivity index is 1.81. The highest BCUT2D eigenvalue weighted by Gasteiger charge is 2.32. The lowest BCUT2D eigenvalue weighted by atomic mass is 10.1. The molecule has 3 aromatic rings. The van der Waals surface area contributed by atoms with Crippen molar-refractivity contribution in [2.24, 2.45) is 5.16 Å². The minimum absolute atomic E-state index is 0.0767. The number of ether oxygens (including phenoxy) is 1. The fraction of sp³-hybridized carbons (Fsp3) is 0.250. The van der Waals surface area contributed by atoms with Gasteiger partial charge in [-0.15, -0.1) is 0 Å². The SMILES string of the molecule is CCOc1[nH]n(-c2ncc(C(F)(F)F)cc2Cl)c(=O)c1/C=N/OCc1ccc(C(F)(F)F)cc1. The molecule has 3 rings (SSSR count). The minimum atomic E-state index is -4.67. The van der Waals surface area contributed by atoms with E-state index in [0.29, 0.717) is 17.8 Å². The number of aromatic amines is 1. The van der Waals surface area contributed by atoms with Crippen LogP contribution in [-0.4, -0.2) is 27.6 Å². The average molecular weight is 509 g/mol. The number of rotatable bonds is 7. The molecule has 0 aliphatic heterocycles. The van der Waals surface area contributed by atoms with Crippen LogP contribution in [0.5, 0.6) is 5.88 Å². The lowest BCUT2D eigenvalue weighted by Crippen LogP contribution is -2.19. The zero-order valence-electron chi connectivity index (χ0n) is 17.2. The number of H-pyrrole nitrogens is 1. The molecule has 0 radical (unpaired) electrons. The lowest BCUT2D eigenvalue weighted by molar-refractivity contribution is -0.138. The van der Waals surface area contributed by atoms with Crippen LogP contribution in [0.15, 0.2) is 46.5 Å². The Bertz CT molecular complexity index is 1230. The Morgan fingerprint density at radius 3 is 2.32 bits per heavy atom. The molecule has 0 unspecified atom stereocenters. The molecule has 1 N–H and O–H groups in total. The number of alkyl halides is 6. The molecule has 0 fully saturated rings. The van der Waals surface area contributed by atoms with Crippen LogP contribution in [0.3, 0.4) is 0 Å². The van der Waals surface area contributed by atoms with E-state index in [1.165, 1.54) is 12.1 Å². The molecule has 0 atom stereocenters. The summed E-state index contributed by atoms with van der Waals surface area (Å²) in [6.07, 6.45) is -7.63. The smallest absolute Gasteiger partial charge is 0.417 e. The topological polar surface area (TPSA) is 81.5 Å². The van der Waals surface area contributed by atoms with E-state index in [9.17, 15) is 31.1 Å². The molecule has 14 heteroatoms. The van der Waals surface area contributed by atoms with Gasteiger partial charge in [-0.2, -0.15) is 31.0 Å². The van der Waals surface area contributed by atoms with E-state index in [4.69, 9.17) is 21.2 Å². The largest absolute Gasteiger partial charge is 0.478 e. The predicted octanol–water partition coefficient (Wildman–Crippen LogP) is 5.20. The van der Waals surface area contributed by atoms with Crippen LogP contribution in [0, 0.1) is 0 Å². The summed E-state index contributed by atoms with van der Waals surface area (Å²) >= 11 is 5.90. The standard InChI is InChI=1S/C20H15ClF6N4O3/c1-2-33-17-14(9-29-34-10-11-3-5-12(6-4-11)19(22,23)24)18(32)31(30-17)16-15(21)7-13(8-28-16)20(25,26)27/h3-9,30H,2,10H2,1H3/b29-9+. The Morgan fingerprint density at radius 1 is 1.12 bits per heavy atom. The van der Waals surface area contributed by atoms with Crippen molar-refractivity contribution in [1.29, 1.82) is 0 Å². The quantitative estimate of drug-likeness (QED) is 0.270. The van der Waals surface area contributed by atoms with Gasteiger partial charge < -0.3 is 9.57 Å². The minimum Gasteiger partial charge on any atom is -0.478 e. The normalized spacial score (nSPS) is 12.4. The third-order valence-corrected chi connectivity index (χ3v) is 4.59. The number of aromatic nitrogens is 3. The first-order chi connectivity index (χ1) is 15.9. The molecule has 7 nitrogen and oxygen atoms in total. The van der Waals surface area contributed by atoms with Gasteiger partial charge in [0.25, 0.3) is 5.56 Å². The van der Waals surface area contributed by atoms with Crippen LogP contribution in [0.2, 0.25) is 5.02 Å². The monoisotopic (exact) mass is 508 g/mol. The number of nitrogens with one attached hydrogen (secondary N) is 1. The summed E-state index contributed by atoms with van der Waals surface area (Å²) in [6.45, 7) is 1.56. The number of nitrogens with zero attached hydrogens (tertiary/aromatic N) is 3. The molecule has 34 heavy (non-hydrogen) atoms. The van der Waals surface area contributed by atoms with Crippen molar-refractivity contribution in [3.63, 3.8) is 0 Å². The molecular weight excluding hydrogens is 494 g/mol. The number of benzene rings is 1. The van der Waals surface area contributed by atoms with Crippen molar-refractivity contribution >= 4 is 17.8 Å². The van der Waals surface area contributed by atoms with E-state index in [2.05, 4.69) is 15.2 Å². The van der Waals surface area contributed by atoms with Crippen LogP contribution in [0.25, 0.3) is 5.82 Å². The summed E-state index contributed by atoms with van der Waals surface area (Å²) in [7, 11) is 0. The third-order valence-electron chi connectivity index (χ3n) is 4.31. The molecule has 1 aromatic carbocycles. The molecule has 0 amide bonds. The van der Waals surface area contributed by atoms with Gasteiger partial charge in [0.2, 0.25) is 5.88 Å². The second kappa shape index (κ2) is 9.79. The summed E-state index contributed by atoms with van der Waals surface area (Å²) in [4.78, 5) is 21.4. The van der Waals surface area contributed by atoms with Crippen LogP contribution in [0.4, 0.5) is 26.3 Å². The molecule has 2 heterocycles. The fourth-order valence-electron chi connectivity index (χ4n) is 2.69. The van der Waals surface area contributed by atoms with E-state index >= 15 is 0 Å². The van der Waals surface area contributed by atoms with E-state index in [1.807, 2.05) is 0 Å².